The van der Waals surface area contributed by atoms with Crippen LogP contribution in [-0.2, 0) is 12.3 Å². The summed E-state index contributed by atoms with van der Waals surface area (Å²) in [6.07, 6.45) is 1.98. The third-order valence-corrected chi connectivity index (χ3v) is 2.98. The molecule has 0 saturated heterocycles. The van der Waals surface area contributed by atoms with Gasteiger partial charge >= 0.3 is 0 Å². The summed E-state index contributed by atoms with van der Waals surface area (Å²) >= 11 is 1.65. The Kier molecular flexibility index (Phi) is 4.25. The highest BCUT2D eigenvalue weighted by Crippen LogP contribution is 2.20. The molecule has 0 saturated carbocycles. The van der Waals surface area contributed by atoms with E-state index in [4.69, 9.17) is 4.42 Å². The molecule has 0 fully saturated rings. The van der Waals surface area contributed by atoms with Crippen molar-refractivity contribution >= 4 is 17.4 Å². The molecular formula is C13H13F2NOS. The summed E-state index contributed by atoms with van der Waals surface area (Å²) in [4.78, 5) is 0. The maximum absolute atomic E-state index is 13.3. The van der Waals surface area contributed by atoms with Crippen molar-refractivity contribution in [3.05, 3.63) is 53.5 Å². The topological polar surface area (TPSA) is 25.2 Å². The molecule has 18 heavy (non-hydrogen) atoms. The predicted molar refractivity (Wildman–Crippen MR) is 69.6 cm³/mol. The zero-order valence-corrected chi connectivity index (χ0v) is 10.7. The van der Waals surface area contributed by atoms with Gasteiger partial charge in [0.05, 0.1) is 12.3 Å². The summed E-state index contributed by atoms with van der Waals surface area (Å²) in [5, 5.41) is 2.70. The number of rotatable bonds is 5. The van der Waals surface area contributed by atoms with E-state index in [0.717, 1.165) is 11.5 Å². The van der Waals surface area contributed by atoms with E-state index in [2.05, 4.69) is 5.32 Å². The number of halogens is 2. The van der Waals surface area contributed by atoms with Crippen molar-refractivity contribution in [1.82, 2.24) is 0 Å². The molecule has 0 aliphatic carbocycles. The zero-order valence-electron chi connectivity index (χ0n) is 9.87. The van der Waals surface area contributed by atoms with Crippen LogP contribution in [0.1, 0.15) is 11.5 Å². The van der Waals surface area contributed by atoms with Crippen LogP contribution in [0.25, 0.3) is 0 Å². The Morgan fingerprint density at radius 2 is 1.78 bits per heavy atom. The standard InChI is InChI=1S/C13H13F2NOS/c1-18-8-10-6-5-9(17-10)7-16-13-11(14)3-2-4-12(13)15/h2-6,16H,7-8H2,1H3. The van der Waals surface area contributed by atoms with Crippen LogP contribution >= 0.6 is 11.8 Å². The van der Waals surface area contributed by atoms with Crippen molar-refractivity contribution < 1.29 is 13.2 Å². The summed E-state index contributed by atoms with van der Waals surface area (Å²) < 4.78 is 32.2. The van der Waals surface area contributed by atoms with Gasteiger partial charge in [0.15, 0.2) is 0 Å². The van der Waals surface area contributed by atoms with Crippen LogP contribution in [0, 0.1) is 11.6 Å². The van der Waals surface area contributed by atoms with Crippen molar-refractivity contribution in [2.45, 2.75) is 12.3 Å². The molecule has 0 bridgehead atoms. The van der Waals surface area contributed by atoms with Gasteiger partial charge in [-0.05, 0) is 30.5 Å². The molecule has 0 atom stereocenters. The van der Waals surface area contributed by atoms with E-state index in [9.17, 15) is 8.78 Å². The minimum atomic E-state index is -0.606. The Morgan fingerprint density at radius 1 is 1.11 bits per heavy atom. The van der Waals surface area contributed by atoms with Crippen molar-refractivity contribution in [3.63, 3.8) is 0 Å². The first-order chi connectivity index (χ1) is 8.70. The molecule has 0 radical (unpaired) electrons. The number of benzene rings is 1. The van der Waals surface area contributed by atoms with E-state index in [0.29, 0.717) is 5.76 Å². The van der Waals surface area contributed by atoms with E-state index >= 15 is 0 Å². The highest BCUT2D eigenvalue weighted by molar-refractivity contribution is 7.97. The number of hydrogen-bond donors (Lipinski definition) is 1. The number of thioether (sulfide) groups is 1. The first kappa shape index (κ1) is 13.0. The molecule has 2 nitrogen and oxygen atoms in total. The molecule has 96 valence electrons. The first-order valence-electron chi connectivity index (χ1n) is 5.45. The van der Waals surface area contributed by atoms with Gasteiger partial charge in [-0.1, -0.05) is 6.07 Å². The third-order valence-electron chi connectivity index (χ3n) is 2.41. The van der Waals surface area contributed by atoms with E-state index < -0.39 is 11.6 Å². The van der Waals surface area contributed by atoms with Crippen LogP contribution in [0.15, 0.2) is 34.7 Å². The van der Waals surface area contributed by atoms with Crippen LogP contribution in [0.5, 0.6) is 0 Å². The maximum atomic E-state index is 13.3. The van der Waals surface area contributed by atoms with Crippen LogP contribution in [0.2, 0.25) is 0 Å². The smallest absolute Gasteiger partial charge is 0.149 e. The molecule has 2 rings (SSSR count). The average molecular weight is 269 g/mol. The lowest BCUT2D eigenvalue weighted by atomic mass is 10.3. The average Bonchev–Trinajstić information content (AvgIpc) is 2.77. The fraction of sp³-hybridized carbons (Fsp3) is 0.231. The molecule has 1 aromatic carbocycles. The number of furan rings is 1. The molecule has 5 heteroatoms. The molecular weight excluding hydrogens is 256 g/mol. The minimum Gasteiger partial charge on any atom is -0.463 e. The highest BCUT2D eigenvalue weighted by Gasteiger charge is 2.08. The van der Waals surface area contributed by atoms with Crippen LogP contribution in [0.3, 0.4) is 0 Å². The lowest BCUT2D eigenvalue weighted by molar-refractivity contribution is 0.486. The summed E-state index contributed by atoms with van der Waals surface area (Å²) in [6.45, 7) is 0.256. The largest absolute Gasteiger partial charge is 0.463 e. The molecule has 0 amide bonds. The molecule has 2 aromatic rings. The fourth-order valence-corrected chi connectivity index (χ4v) is 2.02. The van der Waals surface area contributed by atoms with Gasteiger partial charge in [0.25, 0.3) is 0 Å². The SMILES string of the molecule is CSCc1ccc(CNc2c(F)cccc2F)o1. The quantitative estimate of drug-likeness (QED) is 0.887. The monoisotopic (exact) mass is 269 g/mol. The second-order valence-corrected chi connectivity index (χ2v) is 4.62. The Morgan fingerprint density at radius 3 is 2.44 bits per heavy atom. The van der Waals surface area contributed by atoms with Gasteiger partial charge in [-0.25, -0.2) is 8.78 Å². The van der Waals surface area contributed by atoms with Gasteiger partial charge in [0, 0.05) is 0 Å². The van der Waals surface area contributed by atoms with Crippen molar-refractivity contribution in [2.75, 3.05) is 11.6 Å². The van der Waals surface area contributed by atoms with Gasteiger partial charge in [-0.3, -0.25) is 0 Å². The van der Waals surface area contributed by atoms with E-state index in [-0.39, 0.29) is 12.2 Å². The van der Waals surface area contributed by atoms with Crippen molar-refractivity contribution in [2.24, 2.45) is 0 Å². The second-order valence-electron chi connectivity index (χ2n) is 3.75. The fourth-order valence-electron chi connectivity index (χ4n) is 1.58. The Balaban J connectivity index is 2.02. The molecule has 0 spiro atoms. The van der Waals surface area contributed by atoms with Crippen LogP contribution in [0.4, 0.5) is 14.5 Å². The second kappa shape index (κ2) is 5.91. The molecule has 0 unspecified atom stereocenters. The normalized spacial score (nSPS) is 10.6. The maximum Gasteiger partial charge on any atom is 0.149 e. The summed E-state index contributed by atoms with van der Waals surface area (Å²) in [7, 11) is 0. The highest BCUT2D eigenvalue weighted by atomic mass is 32.2. The minimum absolute atomic E-state index is 0.125. The first-order valence-corrected chi connectivity index (χ1v) is 6.84. The van der Waals surface area contributed by atoms with E-state index in [1.54, 1.807) is 17.8 Å². The van der Waals surface area contributed by atoms with Gasteiger partial charge in [-0.15, -0.1) is 0 Å². The number of hydrogen-bond acceptors (Lipinski definition) is 3. The van der Waals surface area contributed by atoms with Gasteiger partial charge in [0.2, 0.25) is 0 Å². The Bertz CT molecular complexity index is 507. The zero-order chi connectivity index (χ0) is 13.0. The number of nitrogens with one attached hydrogen (secondary N) is 1. The summed E-state index contributed by atoms with van der Waals surface area (Å²) in [6, 6.07) is 7.43. The van der Waals surface area contributed by atoms with Gasteiger partial charge in [0.1, 0.15) is 28.8 Å². The number of para-hydroxylation sites is 1. The van der Waals surface area contributed by atoms with Crippen molar-refractivity contribution in [1.29, 1.82) is 0 Å². The molecule has 0 aliphatic heterocycles. The summed E-state index contributed by atoms with van der Waals surface area (Å²) in [5.41, 5.74) is -0.125. The van der Waals surface area contributed by atoms with E-state index in [1.807, 2.05) is 12.3 Å². The Hall–Kier alpha value is -1.49. The lowest BCUT2D eigenvalue weighted by Crippen LogP contribution is -2.02. The molecule has 0 aliphatic rings. The van der Waals surface area contributed by atoms with Crippen LogP contribution in [-0.4, -0.2) is 6.26 Å². The summed E-state index contributed by atoms with van der Waals surface area (Å²) in [5.74, 6) is 1.08. The molecule has 1 N–H and O–H groups in total. The van der Waals surface area contributed by atoms with Crippen molar-refractivity contribution in [3.8, 4) is 0 Å². The van der Waals surface area contributed by atoms with Crippen LogP contribution < -0.4 is 5.32 Å². The molecule has 1 heterocycles. The Labute approximate surface area is 108 Å². The lowest BCUT2D eigenvalue weighted by Gasteiger charge is -2.06. The van der Waals surface area contributed by atoms with Gasteiger partial charge in [-0.2, -0.15) is 11.8 Å². The van der Waals surface area contributed by atoms with Gasteiger partial charge < -0.3 is 9.73 Å². The molecule has 1 aromatic heterocycles. The predicted octanol–water partition coefficient (Wildman–Crippen LogP) is 4.03. The number of anilines is 1. The third kappa shape index (κ3) is 3.04. The van der Waals surface area contributed by atoms with E-state index in [1.165, 1.54) is 18.2 Å².